The highest BCUT2D eigenvalue weighted by Gasteiger charge is 2.05. The van der Waals surface area contributed by atoms with Crippen LogP contribution in [0, 0.1) is 5.82 Å². The first-order chi connectivity index (χ1) is 7.15. The Hall–Kier alpha value is -1.25. The lowest BCUT2D eigenvalue weighted by Crippen LogP contribution is -2.18. The van der Waals surface area contributed by atoms with Crippen LogP contribution in [0.1, 0.15) is 33.1 Å². The summed E-state index contributed by atoms with van der Waals surface area (Å²) in [7, 11) is 0. The molecule has 0 bridgehead atoms. The summed E-state index contributed by atoms with van der Waals surface area (Å²) in [4.78, 5) is 0. The average Bonchev–Trinajstić information content (AvgIpc) is 2.15. The Balaban J connectivity index is 2.69. The lowest BCUT2D eigenvalue weighted by atomic mass is 10.1. The lowest BCUT2D eigenvalue weighted by Gasteiger charge is -2.17. The fourth-order valence-corrected chi connectivity index (χ4v) is 1.66. The number of benzene rings is 1. The van der Waals surface area contributed by atoms with Gasteiger partial charge in [0.1, 0.15) is 5.82 Å². The van der Waals surface area contributed by atoms with Gasteiger partial charge in [-0.05, 0) is 31.0 Å². The van der Waals surface area contributed by atoms with Gasteiger partial charge in [-0.25, -0.2) is 4.39 Å². The number of nitrogens with two attached hydrogens (primary N) is 1. The summed E-state index contributed by atoms with van der Waals surface area (Å²) in [5, 5.41) is 3.29. The van der Waals surface area contributed by atoms with Crippen molar-refractivity contribution in [3.8, 4) is 0 Å². The van der Waals surface area contributed by atoms with Crippen molar-refractivity contribution in [1.29, 1.82) is 0 Å². The van der Waals surface area contributed by atoms with E-state index >= 15 is 0 Å². The van der Waals surface area contributed by atoms with Gasteiger partial charge in [0.05, 0.1) is 0 Å². The Morgan fingerprint density at radius 2 is 2.07 bits per heavy atom. The van der Waals surface area contributed by atoms with Crippen LogP contribution in [-0.4, -0.2) is 6.04 Å². The van der Waals surface area contributed by atoms with Crippen molar-refractivity contribution in [2.24, 2.45) is 0 Å². The predicted octanol–water partition coefficient (Wildman–Crippen LogP) is 3.40. The van der Waals surface area contributed by atoms with Crippen LogP contribution >= 0.6 is 0 Å². The Kier molecular flexibility index (Phi) is 4.40. The molecule has 0 saturated heterocycles. The monoisotopic (exact) mass is 210 g/mol. The van der Waals surface area contributed by atoms with Gasteiger partial charge in [0, 0.05) is 17.4 Å². The minimum absolute atomic E-state index is 0.288. The quantitative estimate of drug-likeness (QED) is 0.731. The summed E-state index contributed by atoms with van der Waals surface area (Å²) in [5.41, 5.74) is 6.80. The van der Waals surface area contributed by atoms with Gasteiger partial charge >= 0.3 is 0 Å². The molecule has 3 N–H and O–H groups in total. The van der Waals surface area contributed by atoms with Gasteiger partial charge in [-0.1, -0.05) is 20.3 Å². The zero-order valence-corrected chi connectivity index (χ0v) is 9.39. The summed E-state index contributed by atoms with van der Waals surface area (Å²) in [6.07, 6.45) is 3.24. The highest BCUT2D eigenvalue weighted by molar-refractivity contribution is 5.55. The molecule has 1 unspecified atom stereocenters. The number of nitrogen functional groups attached to an aromatic ring is 1. The van der Waals surface area contributed by atoms with Gasteiger partial charge in [-0.15, -0.1) is 0 Å². The third kappa shape index (κ3) is 3.78. The van der Waals surface area contributed by atoms with E-state index in [1.54, 1.807) is 6.07 Å². The summed E-state index contributed by atoms with van der Waals surface area (Å²) in [5.74, 6) is -0.288. The molecule has 0 aromatic heterocycles. The zero-order chi connectivity index (χ0) is 11.3. The predicted molar refractivity (Wildman–Crippen MR) is 63.4 cm³/mol. The van der Waals surface area contributed by atoms with E-state index in [9.17, 15) is 4.39 Å². The molecule has 1 rings (SSSR count). The fraction of sp³-hybridized carbons (Fsp3) is 0.500. The van der Waals surface area contributed by atoms with Gasteiger partial charge in [-0.3, -0.25) is 0 Å². The van der Waals surface area contributed by atoms with Crippen molar-refractivity contribution in [3.05, 3.63) is 24.0 Å². The van der Waals surface area contributed by atoms with Crippen molar-refractivity contribution in [2.45, 2.75) is 39.2 Å². The molecule has 0 saturated carbocycles. The second-order valence-electron chi connectivity index (χ2n) is 3.81. The number of rotatable bonds is 5. The molecule has 1 aromatic carbocycles. The summed E-state index contributed by atoms with van der Waals surface area (Å²) >= 11 is 0. The van der Waals surface area contributed by atoms with Crippen molar-refractivity contribution in [3.63, 3.8) is 0 Å². The number of nitrogens with one attached hydrogen (secondary N) is 1. The molecular weight excluding hydrogens is 191 g/mol. The SMILES string of the molecule is CCCC(CC)Nc1cc(N)cc(F)c1. The normalized spacial score (nSPS) is 12.5. The molecule has 0 aliphatic heterocycles. The zero-order valence-electron chi connectivity index (χ0n) is 9.39. The molecule has 0 fully saturated rings. The minimum Gasteiger partial charge on any atom is -0.399 e. The lowest BCUT2D eigenvalue weighted by molar-refractivity contribution is 0.615. The van der Waals surface area contributed by atoms with Crippen LogP contribution in [0.2, 0.25) is 0 Å². The fourth-order valence-electron chi connectivity index (χ4n) is 1.66. The maximum absolute atomic E-state index is 13.0. The minimum atomic E-state index is -0.288. The van der Waals surface area contributed by atoms with Crippen LogP contribution in [-0.2, 0) is 0 Å². The Labute approximate surface area is 90.7 Å². The standard InChI is InChI=1S/C12H19FN2/c1-3-5-11(4-2)15-12-7-9(13)6-10(14)8-12/h6-8,11,15H,3-5,14H2,1-2H3. The van der Waals surface area contributed by atoms with E-state index in [0.717, 1.165) is 24.9 Å². The Morgan fingerprint density at radius 3 is 2.60 bits per heavy atom. The molecule has 0 spiro atoms. The van der Waals surface area contributed by atoms with Gasteiger partial charge < -0.3 is 11.1 Å². The summed E-state index contributed by atoms with van der Waals surface area (Å²) in [6.45, 7) is 4.26. The molecule has 0 radical (unpaired) electrons. The van der Waals surface area contributed by atoms with Crippen LogP contribution in [0.3, 0.4) is 0 Å². The van der Waals surface area contributed by atoms with E-state index in [-0.39, 0.29) is 5.82 Å². The maximum atomic E-state index is 13.0. The van der Waals surface area contributed by atoms with Gasteiger partial charge in [0.25, 0.3) is 0 Å². The largest absolute Gasteiger partial charge is 0.399 e. The molecule has 84 valence electrons. The second kappa shape index (κ2) is 5.59. The van der Waals surface area contributed by atoms with Gasteiger partial charge in [0.2, 0.25) is 0 Å². The van der Waals surface area contributed by atoms with Crippen LogP contribution < -0.4 is 11.1 Å². The molecular formula is C12H19FN2. The van der Waals surface area contributed by atoms with E-state index in [2.05, 4.69) is 19.2 Å². The molecule has 1 aromatic rings. The third-order valence-electron chi connectivity index (χ3n) is 2.42. The summed E-state index contributed by atoms with van der Waals surface area (Å²) in [6, 6.07) is 4.97. The first-order valence-corrected chi connectivity index (χ1v) is 5.48. The van der Waals surface area contributed by atoms with Crippen molar-refractivity contribution < 1.29 is 4.39 Å². The number of hydrogen-bond acceptors (Lipinski definition) is 2. The van der Waals surface area contributed by atoms with Crippen LogP contribution in [0.25, 0.3) is 0 Å². The van der Waals surface area contributed by atoms with Crippen LogP contribution in [0.15, 0.2) is 18.2 Å². The third-order valence-corrected chi connectivity index (χ3v) is 2.42. The van der Waals surface area contributed by atoms with Crippen LogP contribution in [0.4, 0.5) is 15.8 Å². The molecule has 0 amide bonds. The molecule has 2 nitrogen and oxygen atoms in total. The van der Waals surface area contributed by atoms with E-state index in [1.165, 1.54) is 12.1 Å². The van der Waals surface area contributed by atoms with Gasteiger partial charge in [0.15, 0.2) is 0 Å². The number of hydrogen-bond donors (Lipinski definition) is 2. The second-order valence-corrected chi connectivity index (χ2v) is 3.81. The van der Waals surface area contributed by atoms with E-state index in [4.69, 9.17) is 5.73 Å². The van der Waals surface area contributed by atoms with Crippen molar-refractivity contribution in [1.82, 2.24) is 0 Å². The van der Waals surface area contributed by atoms with E-state index in [0.29, 0.717) is 11.7 Å². The molecule has 0 heterocycles. The topological polar surface area (TPSA) is 38.0 Å². The molecule has 15 heavy (non-hydrogen) atoms. The molecule has 0 aliphatic carbocycles. The maximum Gasteiger partial charge on any atom is 0.127 e. The number of halogens is 1. The van der Waals surface area contributed by atoms with E-state index in [1.807, 2.05) is 0 Å². The first kappa shape index (κ1) is 11.8. The molecule has 0 aliphatic rings. The molecule has 3 heteroatoms. The van der Waals surface area contributed by atoms with Crippen molar-refractivity contribution >= 4 is 11.4 Å². The van der Waals surface area contributed by atoms with E-state index < -0.39 is 0 Å². The highest BCUT2D eigenvalue weighted by atomic mass is 19.1. The van der Waals surface area contributed by atoms with Crippen molar-refractivity contribution in [2.75, 3.05) is 11.1 Å². The highest BCUT2D eigenvalue weighted by Crippen LogP contribution is 2.18. The average molecular weight is 210 g/mol. The molecule has 1 atom stereocenters. The van der Waals surface area contributed by atoms with Gasteiger partial charge in [-0.2, -0.15) is 0 Å². The smallest absolute Gasteiger partial charge is 0.127 e. The number of anilines is 2. The Bertz CT molecular complexity index is 292. The Morgan fingerprint density at radius 1 is 1.33 bits per heavy atom. The summed E-state index contributed by atoms with van der Waals surface area (Å²) < 4.78 is 13.0. The first-order valence-electron chi connectivity index (χ1n) is 5.48. The van der Waals surface area contributed by atoms with Crippen LogP contribution in [0.5, 0.6) is 0 Å².